The minimum absolute atomic E-state index is 0.341. The largest absolute Gasteiger partial charge is 0.271 e. The van der Waals surface area contributed by atoms with Gasteiger partial charge in [0.2, 0.25) is 0 Å². The molecule has 0 aromatic heterocycles. The fourth-order valence-corrected chi connectivity index (χ4v) is 2.57. The maximum atomic E-state index is 5.67. The topological polar surface area (TPSA) is 38.0 Å². The summed E-state index contributed by atoms with van der Waals surface area (Å²) in [6, 6.07) is 9.05. The summed E-state index contributed by atoms with van der Waals surface area (Å²) in [7, 11) is 0. The summed E-state index contributed by atoms with van der Waals surface area (Å²) in [5, 5.41) is 0. The molecule has 0 bridgehead atoms. The first kappa shape index (κ1) is 10.7. The lowest BCUT2D eigenvalue weighted by Gasteiger charge is -2.23. The molecule has 0 spiro atoms. The second-order valence-electron chi connectivity index (χ2n) is 4.60. The van der Waals surface area contributed by atoms with Gasteiger partial charge in [0.25, 0.3) is 0 Å². The van der Waals surface area contributed by atoms with Crippen LogP contribution < -0.4 is 11.3 Å². The normalized spacial score (nSPS) is 19.3. The molecular formula is C13H20N2. The molecule has 2 rings (SSSR count). The second kappa shape index (κ2) is 4.77. The van der Waals surface area contributed by atoms with Crippen molar-refractivity contribution in [3.05, 3.63) is 35.4 Å². The first-order chi connectivity index (χ1) is 7.31. The fourth-order valence-electron chi connectivity index (χ4n) is 2.57. The molecule has 15 heavy (non-hydrogen) atoms. The van der Waals surface area contributed by atoms with E-state index in [1.807, 2.05) is 0 Å². The molecule has 1 atom stereocenters. The van der Waals surface area contributed by atoms with Crippen molar-refractivity contribution < 1.29 is 0 Å². The van der Waals surface area contributed by atoms with E-state index in [0.717, 1.165) is 5.92 Å². The number of nitrogens with one attached hydrogen (secondary N) is 1. The van der Waals surface area contributed by atoms with Gasteiger partial charge >= 0.3 is 0 Å². The van der Waals surface area contributed by atoms with Gasteiger partial charge in [0.15, 0.2) is 0 Å². The smallest absolute Gasteiger partial charge is 0.0488 e. The number of hydrogen-bond donors (Lipinski definition) is 2. The van der Waals surface area contributed by atoms with Crippen molar-refractivity contribution in [1.82, 2.24) is 5.43 Å². The molecule has 0 saturated heterocycles. The Kier molecular flexibility index (Phi) is 3.39. The number of rotatable bonds is 3. The summed E-state index contributed by atoms with van der Waals surface area (Å²) >= 11 is 0. The van der Waals surface area contributed by atoms with Crippen molar-refractivity contribution in [3.63, 3.8) is 0 Å². The van der Waals surface area contributed by atoms with Crippen LogP contribution in [-0.2, 0) is 0 Å². The molecule has 3 N–H and O–H groups in total. The van der Waals surface area contributed by atoms with Crippen molar-refractivity contribution in [2.45, 2.75) is 38.6 Å². The molecule has 0 aliphatic heterocycles. The van der Waals surface area contributed by atoms with Gasteiger partial charge in [0.05, 0.1) is 0 Å². The molecule has 1 fully saturated rings. The Morgan fingerprint density at radius 3 is 2.33 bits per heavy atom. The maximum absolute atomic E-state index is 5.67. The van der Waals surface area contributed by atoms with E-state index in [0.29, 0.717) is 6.04 Å². The van der Waals surface area contributed by atoms with E-state index in [9.17, 15) is 0 Å². The zero-order valence-corrected chi connectivity index (χ0v) is 9.37. The highest BCUT2D eigenvalue weighted by molar-refractivity contribution is 5.24. The van der Waals surface area contributed by atoms with E-state index in [1.165, 1.54) is 36.8 Å². The summed E-state index contributed by atoms with van der Waals surface area (Å²) in [6.07, 6.45) is 5.33. The average Bonchev–Trinajstić information content (AvgIpc) is 2.75. The standard InChI is InChI=1S/C13H20N2/c1-10-6-8-12(9-7-10)13(15-14)11-4-2-3-5-11/h6-9,11,13,15H,2-5,14H2,1H3. The van der Waals surface area contributed by atoms with Crippen molar-refractivity contribution in [1.29, 1.82) is 0 Å². The minimum atomic E-state index is 0.341. The molecular weight excluding hydrogens is 184 g/mol. The quantitative estimate of drug-likeness (QED) is 0.587. The molecule has 1 aliphatic carbocycles. The molecule has 0 amide bonds. The van der Waals surface area contributed by atoms with Gasteiger partial charge in [-0.3, -0.25) is 11.3 Å². The van der Waals surface area contributed by atoms with Gasteiger partial charge in [-0.05, 0) is 31.2 Å². The van der Waals surface area contributed by atoms with Crippen LogP contribution in [-0.4, -0.2) is 0 Å². The van der Waals surface area contributed by atoms with Crippen LogP contribution in [0.2, 0.25) is 0 Å². The van der Waals surface area contributed by atoms with Crippen LogP contribution >= 0.6 is 0 Å². The SMILES string of the molecule is Cc1ccc(C(NN)C2CCCC2)cc1. The van der Waals surface area contributed by atoms with Crippen molar-refractivity contribution in [2.75, 3.05) is 0 Å². The Morgan fingerprint density at radius 2 is 1.80 bits per heavy atom. The number of aryl methyl sites for hydroxylation is 1. The first-order valence-corrected chi connectivity index (χ1v) is 5.84. The Labute approximate surface area is 91.8 Å². The third kappa shape index (κ3) is 2.39. The van der Waals surface area contributed by atoms with E-state index in [-0.39, 0.29) is 0 Å². The number of hydrazine groups is 1. The van der Waals surface area contributed by atoms with Gasteiger partial charge in [-0.1, -0.05) is 42.7 Å². The van der Waals surface area contributed by atoms with Crippen LogP contribution in [0.5, 0.6) is 0 Å². The molecule has 1 aliphatic rings. The van der Waals surface area contributed by atoms with Crippen molar-refractivity contribution in [3.8, 4) is 0 Å². The summed E-state index contributed by atoms with van der Waals surface area (Å²) in [6.45, 7) is 2.12. The molecule has 1 aromatic rings. The van der Waals surface area contributed by atoms with E-state index in [4.69, 9.17) is 5.84 Å². The molecule has 1 unspecified atom stereocenters. The predicted molar refractivity (Wildman–Crippen MR) is 63.2 cm³/mol. The highest BCUT2D eigenvalue weighted by Gasteiger charge is 2.25. The van der Waals surface area contributed by atoms with Crippen LogP contribution in [0.15, 0.2) is 24.3 Å². The molecule has 0 radical (unpaired) electrons. The Morgan fingerprint density at radius 1 is 1.20 bits per heavy atom. The number of hydrogen-bond acceptors (Lipinski definition) is 2. The van der Waals surface area contributed by atoms with E-state index < -0.39 is 0 Å². The molecule has 82 valence electrons. The third-order valence-electron chi connectivity index (χ3n) is 3.49. The highest BCUT2D eigenvalue weighted by atomic mass is 15.2. The van der Waals surface area contributed by atoms with E-state index >= 15 is 0 Å². The zero-order valence-electron chi connectivity index (χ0n) is 9.37. The van der Waals surface area contributed by atoms with Gasteiger partial charge in [-0.25, -0.2) is 0 Å². The highest BCUT2D eigenvalue weighted by Crippen LogP contribution is 2.35. The maximum Gasteiger partial charge on any atom is 0.0488 e. The van der Waals surface area contributed by atoms with Gasteiger partial charge in [-0.2, -0.15) is 0 Å². The van der Waals surface area contributed by atoms with Crippen LogP contribution in [0.25, 0.3) is 0 Å². The second-order valence-corrected chi connectivity index (χ2v) is 4.60. The predicted octanol–water partition coefficient (Wildman–Crippen LogP) is 2.69. The first-order valence-electron chi connectivity index (χ1n) is 5.84. The Hall–Kier alpha value is -0.860. The van der Waals surface area contributed by atoms with Crippen LogP contribution in [0.4, 0.5) is 0 Å². The number of benzene rings is 1. The van der Waals surface area contributed by atoms with Crippen LogP contribution in [0.3, 0.4) is 0 Å². The van der Waals surface area contributed by atoms with Crippen molar-refractivity contribution in [2.24, 2.45) is 11.8 Å². The van der Waals surface area contributed by atoms with Gasteiger partial charge in [-0.15, -0.1) is 0 Å². The molecule has 1 aromatic carbocycles. The monoisotopic (exact) mass is 204 g/mol. The number of nitrogens with two attached hydrogens (primary N) is 1. The van der Waals surface area contributed by atoms with Crippen LogP contribution in [0, 0.1) is 12.8 Å². The van der Waals surface area contributed by atoms with Gasteiger partial charge in [0.1, 0.15) is 0 Å². The minimum Gasteiger partial charge on any atom is -0.271 e. The Balaban J connectivity index is 2.14. The molecule has 2 heteroatoms. The summed E-state index contributed by atoms with van der Waals surface area (Å²) in [4.78, 5) is 0. The van der Waals surface area contributed by atoms with Gasteiger partial charge in [0, 0.05) is 6.04 Å². The van der Waals surface area contributed by atoms with E-state index in [1.54, 1.807) is 0 Å². The lowest BCUT2D eigenvalue weighted by atomic mass is 9.92. The van der Waals surface area contributed by atoms with E-state index in [2.05, 4.69) is 36.6 Å². The third-order valence-corrected chi connectivity index (χ3v) is 3.49. The average molecular weight is 204 g/mol. The summed E-state index contributed by atoms with van der Waals surface area (Å²) < 4.78 is 0. The summed E-state index contributed by atoms with van der Waals surface area (Å²) in [5.41, 5.74) is 5.61. The molecule has 0 heterocycles. The molecule has 2 nitrogen and oxygen atoms in total. The van der Waals surface area contributed by atoms with Crippen LogP contribution in [0.1, 0.15) is 42.9 Å². The lowest BCUT2D eigenvalue weighted by Crippen LogP contribution is -2.32. The summed E-state index contributed by atoms with van der Waals surface area (Å²) in [5.74, 6) is 6.39. The lowest BCUT2D eigenvalue weighted by molar-refractivity contribution is 0.373. The molecule has 1 saturated carbocycles. The van der Waals surface area contributed by atoms with Gasteiger partial charge < -0.3 is 0 Å². The fraction of sp³-hybridized carbons (Fsp3) is 0.538. The Bertz CT molecular complexity index is 299. The zero-order chi connectivity index (χ0) is 10.7. The van der Waals surface area contributed by atoms with Crippen molar-refractivity contribution >= 4 is 0 Å².